The van der Waals surface area contributed by atoms with Gasteiger partial charge < -0.3 is 9.84 Å². The van der Waals surface area contributed by atoms with E-state index in [1.54, 1.807) is 11.8 Å². The molecule has 0 fully saturated rings. The largest absolute Gasteiger partial charge is 0.481 e. The molecular weight excluding hydrogens is 512 g/mol. The van der Waals surface area contributed by atoms with E-state index in [1.807, 2.05) is 78.9 Å². The molecule has 1 unspecified atom stereocenters. The van der Waals surface area contributed by atoms with Crippen LogP contribution in [0.1, 0.15) is 30.0 Å². The highest BCUT2D eigenvalue weighted by atomic mass is 79.9. The SMILES string of the molecule is CC(=O)OC(Cc1ccccc1)(Cc1ccccc1)C(CC(=O)O)SCCc1ccccc1Br. The smallest absolute Gasteiger partial charge is 0.304 e. The standard InChI is InChI=1S/C28H29BrO4S/c1-21(30)33-28(19-22-10-4-2-5-11-22,20-23-12-6-3-7-13-23)26(18-27(31)32)34-17-16-24-14-8-9-15-25(24)29/h2-15,26H,16-20H2,1H3,(H,31,32). The molecule has 0 saturated carbocycles. The zero-order valence-electron chi connectivity index (χ0n) is 19.2. The number of hydrogen-bond donors (Lipinski definition) is 1. The quantitative estimate of drug-likeness (QED) is 0.271. The van der Waals surface area contributed by atoms with Crippen LogP contribution in [0.2, 0.25) is 0 Å². The molecule has 6 heteroatoms. The molecule has 0 heterocycles. The lowest BCUT2D eigenvalue weighted by Gasteiger charge is -2.40. The van der Waals surface area contributed by atoms with Crippen LogP contribution in [-0.2, 0) is 33.6 Å². The number of carboxylic acid groups (broad SMARTS) is 1. The van der Waals surface area contributed by atoms with Gasteiger partial charge in [0.2, 0.25) is 0 Å². The Morgan fingerprint density at radius 2 is 1.44 bits per heavy atom. The summed E-state index contributed by atoms with van der Waals surface area (Å²) in [5.74, 6) is -0.614. The number of hydrogen-bond acceptors (Lipinski definition) is 4. The number of aliphatic carboxylic acids is 1. The Bertz CT molecular complexity index is 1030. The minimum atomic E-state index is -1.01. The minimum Gasteiger partial charge on any atom is -0.481 e. The monoisotopic (exact) mass is 540 g/mol. The van der Waals surface area contributed by atoms with Crippen molar-refractivity contribution in [3.63, 3.8) is 0 Å². The predicted octanol–water partition coefficient (Wildman–Crippen LogP) is 6.36. The van der Waals surface area contributed by atoms with Gasteiger partial charge in [-0.05, 0) is 34.9 Å². The molecule has 0 bridgehead atoms. The number of thioether (sulfide) groups is 1. The Hall–Kier alpha value is -2.57. The molecule has 4 nitrogen and oxygen atoms in total. The van der Waals surface area contributed by atoms with Crippen LogP contribution in [0.5, 0.6) is 0 Å². The Morgan fingerprint density at radius 3 is 1.94 bits per heavy atom. The van der Waals surface area contributed by atoms with Crippen molar-refractivity contribution in [2.24, 2.45) is 0 Å². The van der Waals surface area contributed by atoms with Gasteiger partial charge in [0, 0.05) is 24.2 Å². The number of carboxylic acids is 1. The number of benzene rings is 3. The number of aryl methyl sites for hydroxylation is 1. The second kappa shape index (κ2) is 12.8. The van der Waals surface area contributed by atoms with E-state index in [1.165, 1.54) is 6.92 Å². The van der Waals surface area contributed by atoms with Crippen LogP contribution in [0.25, 0.3) is 0 Å². The lowest BCUT2D eigenvalue weighted by Crippen LogP contribution is -2.49. The molecule has 0 aliphatic rings. The lowest BCUT2D eigenvalue weighted by atomic mass is 9.83. The molecule has 3 rings (SSSR count). The maximum atomic E-state index is 12.4. The van der Waals surface area contributed by atoms with Gasteiger partial charge in [0.05, 0.1) is 11.7 Å². The van der Waals surface area contributed by atoms with E-state index in [4.69, 9.17) is 4.74 Å². The fourth-order valence-corrected chi connectivity index (χ4v) is 6.05. The van der Waals surface area contributed by atoms with Gasteiger partial charge in [0.15, 0.2) is 0 Å². The average Bonchev–Trinajstić information content (AvgIpc) is 2.80. The van der Waals surface area contributed by atoms with E-state index in [2.05, 4.69) is 22.0 Å². The molecule has 1 atom stereocenters. The molecule has 0 radical (unpaired) electrons. The van der Waals surface area contributed by atoms with Crippen LogP contribution >= 0.6 is 27.7 Å². The van der Waals surface area contributed by atoms with Crippen molar-refractivity contribution in [3.05, 3.63) is 106 Å². The predicted molar refractivity (Wildman–Crippen MR) is 141 cm³/mol. The zero-order valence-corrected chi connectivity index (χ0v) is 21.6. The van der Waals surface area contributed by atoms with Crippen LogP contribution in [0.4, 0.5) is 0 Å². The number of carbonyl (C=O) groups is 2. The van der Waals surface area contributed by atoms with Crippen molar-refractivity contribution >= 4 is 39.6 Å². The van der Waals surface area contributed by atoms with Gasteiger partial charge >= 0.3 is 11.9 Å². The van der Waals surface area contributed by atoms with E-state index in [0.717, 1.165) is 27.6 Å². The number of halogens is 1. The third kappa shape index (κ3) is 7.74. The van der Waals surface area contributed by atoms with Crippen LogP contribution in [0.3, 0.4) is 0 Å². The third-order valence-electron chi connectivity index (χ3n) is 5.63. The summed E-state index contributed by atoms with van der Waals surface area (Å²) in [6.45, 7) is 1.40. The molecule has 0 saturated heterocycles. The molecule has 0 amide bonds. The number of ether oxygens (including phenoxy) is 1. The van der Waals surface area contributed by atoms with Gasteiger partial charge in [0.25, 0.3) is 0 Å². The Balaban J connectivity index is 1.96. The highest BCUT2D eigenvalue weighted by molar-refractivity contribution is 9.10. The maximum Gasteiger partial charge on any atom is 0.304 e. The molecule has 1 N–H and O–H groups in total. The molecule has 3 aromatic rings. The Labute approximate surface area is 213 Å². The highest BCUT2D eigenvalue weighted by Gasteiger charge is 2.43. The van der Waals surface area contributed by atoms with Crippen molar-refractivity contribution in [2.75, 3.05) is 5.75 Å². The second-order valence-corrected chi connectivity index (χ2v) is 10.4. The minimum absolute atomic E-state index is 0.104. The van der Waals surface area contributed by atoms with E-state index in [9.17, 15) is 14.7 Å². The van der Waals surface area contributed by atoms with E-state index in [-0.39, 0.29) is 6.42 Å². The summed E-state index contributed by atoms with van der Waals surface area (Å²) >= 11 is 5.15. The van der Waals surface area contributed by atoms with Crippen molar-refractivity contribution < 1.29 is 19.4 Å². The van der Waals surface area contributed by atoms with Gasteiger partial charge in [-0.15, -0.1) is 0 Å². The van der Waals surface area contributed by atoms with Crippen molar-refractivity contribution in [1.82, 2.24) is 0 Å². The van der Waals surface area contributed by atoms with Gasteiger partial charge in [-0.3, -0.25) is 9.59 Å². The van der Waals surface area contributed by atoms with Crippen molar-refractivity contribution in [3.8, 4) is 0 Å². The molecule has 3 aromatic carbocycles. The normalized spacial score (nSPS) is 12.2. The topological polar surface area (TPSA) is 63.6 Å². The fourth-order valence-electron chi connectivity index (χ4n) is 4.16. The van der Waals surface area contributed by atoms with E-state index in [0.29, 0.717) is 18.6 Å². The van der Waals surface area contributed by atoms with E-state index < -0.39 is 22.8 Å². The molecule has 0 aromatic heterocycles. The fraction of sp³-hybridized carbons (Fsp3) is 0.286. The Kier molecular flexibility index (Phi) is 9.78. The molecule has 0 aliphatic carbocycles. The third-order valence-corrected chi connectivity index (χ3v) is 7.85. The lowest BCUT2D eigenvalue weighted by molar-refractivity contribution is -0.159. The summed E-state index contributed by atoms with van der Waals surface area (Å²) < 4.78 is 7.14. The summed E-state index contributed by atoms with van der Waals surface area (Å²) in [5, 5.41) is 9.38. The van der Waals surface area contributed by atoms with Gasteiger partial charge in [-0.1, -0.05) is 94.8 Å². The Morgan fingerprint density at radius 1 is 0.912 bits per heavy atom. The molecule has 0 spiro atoms. The molecule has 178 valence electrons. The van der Waals surface area contributed by atoms with Crippen LogP contribution in [-0.4, -0.2) is 33.6 Å². The second-order valence-electron chi connectivity index (χ2n) is 8.28. The van der Waals surface area contributed by atoms with Crippen molar-refractivity contribution in [2.45, 2.75) is 43.5 Å². The average molecular weight is 542 g/mol. The molecule has 34 heavy (non-hydrogen) atoms. The number of rotatable bonds is 12. The van der Waals surface area contributed by atoms with Crippen LogP contribution in [0, 0.1) is 0 Å². The summed E-state index contributed by atoms with van der Waals surface area (Å²) in [4.78, 5) is 24.4. The first-order valence-electron chi connectivity index (χ1n) is 11.2. The van der Waals surface area contributed by atoms with Gasteiger partial charge in [-0.2, -0.15) is 11.8 Å². The van der Waals surface area contributed by atoms with Gasteiger partial charge in [-0.25, -0.2) is 0 Å². The number of carbonyl (C=O) groups excluding carboxylic acids is 1. The molecule has 0 aliphatic heterocycles. The summed E-state index contributed by atoms with van der Waals surface area (Å²) in [7, 11) is 0. The zero-order chi connectivity index (χ0) is 24.4. The van der Waals surface area contributed by atoms with Crippen LogP contribution < -0.4 is 0 Å². The highest BCUT2D eigenvalue weighted by Crippen LogP contribution is 2.37. The van der Waals surface area contributed by atoms with Gasteiger partial charge in [0.1, 0.15) is 5.60 Å². The van der Waals surface area contributed by atoms with Crippen LogP contribution in [0.15, 0.2) is 89.4 Å². The van der Waals surface area contributed by atoms with E-state index >= 15 is 0 Å². The summed E-state index contributed by atoms with van der Waals surface area (Å²) in [6.07, 6.45) is 1.53. The first kappa shape index (κ1) is 26.0. The number of esters is 1. The summed E-state index contributed by atoms with van der Waals surface area (Å²) in [6, 6.07) is 27.7. The van der Waals surface area contributed by atoms with Crippen molar-refractivity contribution in [1.29, 1.82) is 0 Å². The first-order valence-corrected chi connectivity index (χ1v) is 13.1. The molecular formula is C28H29BrO4S. The maximum absolute atomic E-state index is 12.4. The first-order chi connectivity index (χ1) is 16.4. The summed E-state index contributed by atoms with van der Waals surface area (Å²) in [5.41, 5.74) is 2.15.